The van der Waals surface area contributed by atoms with Crippen LogP contribution < -0.4 is 10.7 Å². The van der Waals surface area contributed by atoms with Crippen molar-refractivity contribution in [3.8, 4) is 0 Å². The molecule has 2 N–H and O–H groups in total. The van der Waals surface area contributed by atoms with Crippen LogP contribution in [0.25, 0.3) is 10.4 Å². The van der Waals surface area contributed by atoms with Crippen molar-refractivity contribution in [2.75, 3.05) is 5.01 Å². The Morgan fingerprint density at radius 3 is 2.54 bits per heavy atom. The largest absolute Gasteiger partial charge is 0.326 e. The molecule has 1 aliphatic heterocycles. The van der Waals surface area contributed by atoms with Crippen LogP contribution >= 0.6 is 0 Å². The second kappa shape index (κ2) is 7.96. The first-order valence-corrected chi connectivity index (χ1v) is 9.14. The van der Waals surface area contributed by atoms with Crippen LogP contribution in [0, 0.1) is 0 Å². The predicted molar refractivity (Wildman–Crippen MR) is 112 cm³/mol. The van der Waals surface area contributed by atoms with Gasteiger partial charge in [-0.2, -0.15) is 5.10 Å². The predicted octanol–water partition coefficient (Wildman–Crippen LogP) is 5.44. The standard InChI is InChI=1S/C22H20N6/c23-15-16-9-11-17(12-10-16)21-14-22(18-5-4-6-19(13-18)25-27-24)28(26-21)20-7-2-1-3-8-20/h1-13,22H,14-15,23H2. The summed E-state index contributed by atoms with van der Waals surface area (Å²) in [5.74, 6) is 0. The summed E-state index contributed by atoms with van der Waals surface area (Å²) in [7, 11) is 0. The summed E-state index contributed by atoms with van der Waals surface area (Å²) in [6, 6.07) is 26.1. The van der Waals surface area contributed by atoms with Gasteiger partial charge in [-0.05, 0) is 40.4 Å². The number of anilines is 1. The summed E-state index contributed by atoms with van der Waals surface area (Å²) >= 11 is 0. The van der Waals surface area contributed by atoms with Crippen molar-refractivity contribution in [2.24, 2.45) is 15.9 Å². The minimum absolute atomic E-state index is 0.0282. The normalized spacial score (nSPS) is 15.8. The van der Waals surface area contributed by atoms with Gasteiger partial charge in [-0.15, -0.1) is 0 Å². The summed E-state index contributed by atoms with van der Waals surface area (Å²) in [5, 5.41) is 10.7. The summed E-state index contributed by atoms with van der Waals surface area (Å²) < 4.78 is 0. The van der Waals surface area contributed by atoms with Crippen LogP contribution in [0.5, 0.6) is 0 Å². The number of hydrogen-bond donors (Lipinski definition) is 1. The molecule has 3 aromatic carbocycles. The zero-order valence-electron chi connectivity index (χ0n) is 15.3. The molecule has 1 heterocycles. The first kappa shape index (κ1) is 17.8. The highest BCUT2D eigenvalue weighted by molar-refractivity contribution is 6.03. The van der Waals surface area contributed by atoms with Crippen LogP contribution in [0.15, 0.2) is 89.1 Å². The molecule has 0 saturated carbocycles. The lowest BCUT2D eigenvalue weighted by atomic mass is 9.97. The third-order valence-electron chi connectivity index (χ3n) is 4.87. The molecule has 4 rings (SSSR count). The molecule has 1 unspecified atom stereocenters. The molecule has 0 amide bonds. The summed E-state index contributed by atoms with van der Waals surface area (Å²) in [4.78, 5) is 2.90. The molecule has 6 heteroatoms. The number of para-hydroxylation sites is 1. The molecule has 138 valence electrons. The van der Waals surface area contributed by atoms with E-state index in [-0.39, 0.29) is 6.04 Å². The van der Waals surface area contributed by atoms with Crippen molar-refractivity contribution >= 4 is 17.1 Å². The average Bonchev–Trinajstić information content (AvgIpc) is 3.20. The smallest absolute Gasteiger partial charge is 0.0831 e. The molecule has 6 nitrogen and oxygen atoms in total. The number of nitrogens with zero attached hydrogens (tertiary/aromatic N) is 5. The minimum atomic E-state index is 0.0282. The Labute approximate surface area is 163 Å². The fraction of sp³-hybridized carbons (Fsp3) is 0.136. The zero-order chi connectivity index (χ0) is 19.3. The number of azide groups is 1. The highest BCUT2D eigenvalue weighted by Crippen LogP contribution is 2.37. The van der Waals surface area contributed by atoms with Crippen molar-refractivity contribution in [2.45, 2.75) is 19.0 Å². The van der Waals surface area contributed by atoms with Crippen molar-refractivity contribution in [3.63, 3.8) is 0 Å². The van der Waals surface area contributed by atoms with Crippen molar-refractivity contribution in [1.29, 1.82) is 0 Å². The maximum atomic E-state index is 8.76. The van der Waals surface area contributed by atoms with E-state index in [1.165, 1.54) is 0 Å². The van der Waals surface area contributed by atoms with E-state index < -0.39 is 0 Å². The number of hydrogen-bond acceptors (Lipinski definition) is 4. The Hall–Kier alpha value is -3.60. The topological polar surface area (TPSA) is 90.4 Å². The van der Waals surface area contributed by atoms with Gasteiger partial charge in [0.15, 0.2) is 0 Å². The monoisotopic (exact) mass is 368 g/mol. The average molecular weight is 368 g/mol. The molecule has 0 spiro atoms. The Morgan fingerprint density at radius 2 is 1.82 bits per heavy atom. The molecule has 1 aliphatic rings. The fourth-order valence-corrected chi connectivity index (χ4v) is 3.44. The molecule has 0 aliphatic carbocycles. The second-order valence-electron chi connectivity index (χ2n) is 6.63. The Morgan fingerprint density at radius 1 is 1.04 bits per heavy atom. The van der Waals surface area contributed by atoms with Gasteiger partial charge in [-0.3, -0.25) is 5.01 Å². The van der Waals surface area contributed by atoms with E-state index in [0.29, 0.717) is 12.2 Å². The van der Waals surface area contributed by atoms with Crippen LogP contribution in [0.4, 0.5) is 11.4 Å². The second-order valence-corrected chi connectivity index (χ2v) is 6.63. The van der Waals surface area contributed by atoms with Gasteiger partial charge in [0.1, 0.15) is 0 Å². The van der Waals surface area contributed by atoms with Gasteiger partial charge in [0.05, 0.1) is 17.4 Å². The first-order valence-electron chi connectivity index (χ1n) is 9.14. The molecule has 0 aromatic heterocycles. The Balaban J connectivity index is 1.73. The van der Waals surface area contributed by atoms with Crippen molar-refractivity contribution < 1.29 is 0 Å². The number of nitrogens with two attached hydrogens (primary N) is 1. The van der Waals surface area contributed by atoms with Crippen LogP contribution in [-0.2, 0) is 6.54 Å². The van der Waals surface area contributed by atoms with Gasteiger partial charge in [0.2, 0.25) is 0 Å². The summed E-state index contributed by atoms with van der Waals surface area (Å²) in [6.07, 6.45) is 0.761. The van der Waals surface area contributed by atoms with Gasteiger partial charge >= 0.3 is 0 Å². The lowest BCUT2D eigenvalue weighted by molar-refractivity contribution is 0.709. The van der Waals surface area contributed by atoms with Gasteiger partial charge in [-0.1, -0.05) is 65.8 Å². The molecule has 1 atom stereocenters. The van der Waals surface area contributed by atoms with E-state index in [4.69, 9.17) is 16.4 Å². The van der Waals surface area contributed by atoms with E-state index in [2.05, 4.69) is 22.2 Å². The van der Waals surface area contributed by atoms with Gasteiger partial charge in [0.25, 0.3) is 0 Å². The molecular formula is C22H20N6. The molecule has 0 fully saturated rings. The number of rotatable bonds is 5. The van der Waals surface area contributed by atoms with Crippen LogP contribution in [0.1, 0.15) is 29.2 Å². The molecule has 0 saturated heterocycles. The van der Waals surface area contributed by atoms with Gasteiger partial charge < -0.3 is 5.73 Å². The quantitative estimate of drug-likeness (QED) is 0.369. The molecular weight excluding hydrogens is 348 g/mol. The number of benzene rings is 3. The first-order chi connectivity index (χ1) is 13.8. The highest BCUT2D eigenvalue weighted by Gasteiger charge is 2.29. The van der Waals surface area contributed by atoms with Crippen LogP contribution in [-0.4, -0.2) is 5.71 Å². The van der Waals surface area contributed by atoms with Crippen molar-refractivity contribution in [3.05, 3.63) is 106 Å². The van der Waals surface area contributed by atoms with E-state index in [9.17, 15) is 0 Å². The molecule has 28 heavy (non-hydrogen) atoms. The van der Waals surface area contributed by atoms with Crippen molar-refractivity contribution in [1.82, 2.24) is 0 Å². The highest BCUT2D eigenvalue weighted by atomic mass is 15.5. The Kier molecular flexibility index (Phi) is 5.06. The molecule has 0 bridgehead atoms. The molecule has 0 radical (unpaired) electrons. The maximum absolute atomic E-state index is 8.76. The SMILES string of the molecule is [N-]=[N+]=Nc1cccc(C2CC(c3ccc(CN)cc3)=NN2c2ccccc2)c1. The molecule has 3 aromatic rings. The van der Waals surface area contributed by atoms with Gasteiger partial charge in [-0.25, -0.2) is 0 Å². The third kappa shape index (κ3) is 3.60. The zero-order valence-corrected chi connectivity index (χ0v) is 15.3. The van der Waals surface area contributed by atoms with Crippen LogP contribution in [0.2, 0.25) is 0 Å². The van der Waals surface area contributed by atoms with E-state index in [0.717, 1.165) is 34.5 Å². The lowest BCUT2D eigenvalue weighted by Gasteiger charge is -2.24. The fourth-order valence-electron chi connectivity index (χ4n) is 3.44. The van der Waals surface area contributed by atoms with Crippen LogP contribution in [0.3, 0.4) is 0 Å². The maximum Gasteiger partial charge on any atom is 0.0831 e. The Bertz CT molecular complexity index is 1040. The van der Waals surface area contributed by atoms with E-state index >= 15 is 0 Å². The van der Waals surface area contributed by atoms with Gasteiger partial charge in [0, 0.05) is 23.6 Å². The van der Waals surface area contributed by atoms with E-state index in [1.54, 1.807) is 6.07 Å². The third-order valence-corrected chi connectivity index (χ3v) is 4.87. The van der Waals surface area contributed by atoms with E-state index in [1.807, 2.05) is 65.7 Å². The number of hydrazone groups is 1. The summed E-state index contributed by atoms with van der Waals surface area (Å²) in [5.41, 5.74) is 20.4. The lowest BCUT2D eigenvalue weighted by Crippen LogP contribution is -2.18. The minimum Gasteiger partial charge on any atom is -0.326 e. The summed E-state index contributed by atoms with van der Waals surface area (Å²) in [6.45, 7) is 0.526.